The molecule has 0 bridgehead atoms. The summed E-state index contributed by atoms with van der Waals surface area (Å²) in [6.45, 7) is 5.09. The SMILES string of the molecule is CC1CN(C(=O)c2cccc(NC(=O)c3cccs3)c2)CC(C)O1. The summed E-state index contributed by atoms with van der Waals surface area (Å²) in [6.07, 6.45) is 0.0545. The predicted octanol–water partition coefficient (Wildman–Crippen LogP) is 3.25. The van der Waals surface area contributed by atoms with Crippen molar-refractivity contribution in [1.82, 2.24) is 4.90 Å². The van der Waals surface area contributed by atoms with Crippen molar-refractivity contribution in [3.05, 3.63) is 52.2 Å². The topological polar surface area (TPSA) is 58.6 Å². The molecule has 0 radical (unpaired) electrons. The van der Waals surface area contributed by atoms with E-state index in [2.05, 4.69) is 5.32 Å². The van der Waals surface area contributed by atoms with Gasteiger partial charge in [-0.2, -0.15) is 0 Å². The number of nitrogens with one attached hydrogen (secondary N) is 1. The molecule has 2 aromatic rings. The minimum atomic E-state index is -0.164. The number of benzene rings is 1. The number of carbonyl (C=O) groups excluding carboxylic acids is 2. The third-order valence-electron chi connectivity index (χ3n) is 3.82. The lowest BCUT2D eigenvalue weighted by Crippen LogP contribution is -2.48. The van der Waals surface area contributed by atoms with Gasteiger partial charge in [0.15, 0.2) is 0 Å². The van der Waals surface area contributed by atoms with Crippen LogP contribution < -0.4 is 5.32 Å². The van der Waals surface area contributed by atoms with E-state index in [0.29, 0.717) is 29.2 Å². The molecule has 3 rings (SSSR count). The van der Waals surface area contributed by atoms with Crippen molar-refractivity contribution in [3.63, 3.8) is 0 Å². The van der Waals surface area contributed by atoms with Crippen LogP contribution in [0.1, 0.15) is 33.9 Å². The standard InChI is InChI=1S/C18H20N2O3S/c1-12-10-20(11-13(2)23-12)18(22)14-5-3-6-15(9-14)19-17(21)16-7-4-8-24-16/h3-9,12-13H,10-11H2,1-2H3,(H,19,21). The number of carbonyl (C=O) groups is 2. The molecular formula is C18H20N2O3S. The summed E-state index contributed by atoms with van der Waals surface area (Å²) in [6, 6.07) is 10.7. The van der Waals surface area contributed by atoms with Crippen LogP contribution in [0.4, 0.5) is 5.69 Å². The molecule has 1 fully saturated rings. The molecule has 1 aliphatic heterocycles. The van der Waals surface area contributed by atoms with Gasteiger partial charge in [-0.3, -0.25) is 9.59 Å². The van der Waals surface area contributed by atoms with Crippen LogP contribution in [0.25, 0.3) is 0 Å². The third kappa shape index (κ3) is 3.83. The average Bonchev–Trinajstić information content (AvgIpc) is 3.08. The predicted molar refractivity (Wildman–Crippen MR) is 94.6 cm³/mol. The molecule has 126 valence electrons. The van der Waals surface area contributed by atoms with E-state index in [4.69, 9.17) is 4.74 Å². The quantitative estimate of drug-likeness (QED) is 0.930. The fourth-order valence-electron chi connectivity index (χ4n) is 2.86. The second kappa shape index (κ2) is 7.15. The van der Waals surface area contributed by atoms with Crippen LogP contribution in [-0.4, -0.2) is 42.0 Å². The molecule has 6 heteroatoms. The summed E-state index contributed by atoms with van der Waals surface area (Å²) in [5.74, 6) is -0.201. The van der Waals surface area contributed by atoms with Gasteiger partial charge in [-0.25, -0.2) is 0 Å². The highest BCUT2D eigenvalue weighted by Gasteiger charge is 2.26. The van der Waals surface area contributed by atoms with Gasteiger partial charge in [-0.15, -0.1) is 11.3 Å². The van der Waals surface area contributed by atoms with E-state index in [0.717, 1.165) is 0 Å². The number of rotatable bonds is 3. The number of amides is 2. The van der Waals surface area contributed by atoms with E-state index >= 15 is 0 Å². The van der Waals surface area contributed by atoms with E-state index in [1.54, 1.807) is 35.2 Å². The Morgan fingerprint density at radius 2 is 1.92 bits per heavy atom. The Kier molecular flexibility index (Phi) is 4.97. The van der Waals surface area contributed by atoms with E-state index in [9.17, 15) is 9.59 Å². The first kappa shape index (κ1) is 16.7. The van der Waals surface area contributed by atoms with E-state index < -0.39 is 0 Å². The van der Waals surface area contributed by atoms with Crippen LogP contribution in [0.15, 0.2) is 41.8 Å². The normalized spacial score (nSPS) is 20.7. The van der Waals surface area contributed by atoms with Crippen molar-refractivity contribution in [2.24, 2.45) is 0 Å². The number of hydrogen-bond acceptors (Lipinski definition) is 4. The van der Waals surface area contributed by atoms with Crippen LogP contribution in [0.3, 0.4) is 0 Å². The van der Waals surface area contributed by atoms with Crippen molar-refractivity contribution >= 4 is 28.8 Å². The first-order valence-corrected chi connectivity index (χ1v) is 8.80. The molecule has 2 atom stereocenters. The molecule has 0 aliphatic carbocycles. The van der Waals surface area contributed by atoms with Gasteiger partial charge < -0.3 is 15.0 Å². The minimum absolute atomic E-state index is 0.0272. The van der Waals surface area contributed by atoms with E-state index in [-0.39, 0.29) is 24.0 Å². The molecule has 5 nitrogen and oxygen atoms in total. The molecule has 2 unspecified atom stereocenters. The highest BCUT2D eigenvalue weighted by Crippen LogP contribution is 2.18. The van der Waals surface area contributed by atoms with Crippen molar-refractivity contribution in [1.29, 1.82) is 0 Å². The van der Waals surface area contributed by atoms with Gasteiger partial charge >= 0.3 is 0 Å². The fourth-order valence-corrected chi connectivity index (χ4v) is 3.48. The van der Waals surface area contributed by atoms with Gasteiger partial charge in [0.05, 0.1) is 17.1 Å². The molecule has 1 N–H and O–H groups in total. The Bertz CT molecular complexity index is 720. The zero-order valence-corrected chi connectivity index (χ0v) is 14.5. The van der Waals surface area contributed by atoms with Gasteiger partial charge in [-0.1, -0.05) is 12.1 Å². The molecule has 1 saturated heterocycles. The van der Waals surface area contributed by atoms with Crippen LogP contribution in [-0.2, 0) is 4.74 Å². The number of ether oxygens (including phenoxy) is 1. The molecule has 1 aromatic carbocycles. The highest BCUT2D eigenvalue weighted by molar-refractivity contribution is 7.12. The maximum atomic E-state index is 12.7. The second-order valence-corrected chi connectivity index (χ2v) is 6.93. The summed E-state index contributed by atoms with van der Waals surface area (Å²) >= 11 is 1.38. The Balaban J connectivity index is 1.72. The van der Waals surface area contributed by atoms with Gasteiger partial charge in [0.2, 0.25) is 0 Å². The Hall–Kier alpha value is -2.18. The van der Waals surface area contributed by atoms with Gasteiger partial charge in [0.1, 0.15) is 0 Å². The summed E-state index contributed by atoms with van der Waals surface area (Å²) in [5.41, 5.74) is 1.19. The highest BCUT2D eigenvalue weighted by atomic mass is 32.1. The minimum Gasteiger partial charge on any atom is -0.372 e. The monoisotopic (exact) mass is 344 g/mol. The average molecular weight is 344 g/mol. The van der Waals surface area contributed by atoms with E-state index in [1.807, 2.05) is 25.3 Å². The Labute approximate surface area is 145 Å². The van der Waals surface area contributed by atoms with Crippen molar-refractivity contribution in [2.45, 2.75) is 26.1 Å². The summed E-state index contributed by atoms with van der Waals surface area (Å²) in [4.78, 5) is 27.3. The van der Waals surface area contributed by atoms with E-state index in [1.165, 1.54) is 11.3 Å². The largest absolute Gasteiger partial charge is 0.372 e. The maximum Gasteiger partial charge on any atom is 0.265 e. The molecule has 0 spiro atoms. The van der Waals surface area contributed by atoms with Crippen LogP contribution >= 0.6 is 11.3 Å². The lowest BCUT2D eigenvalue weighted by Gasteiger charge is -2.35. The molecule has 2 heterocycles. The molecule has 2 amide bonds. The first-order chi connectivity index (χ1) is 11.5. The number of anilines is 1. The lowest BCUT2D eigenvalue weighted by molar-refractivity contribution is -0.0586. The number of hydrogen-bond donors (Lipinski definition) is 1. The number of morpholine rings is 1. The molecule has 0 saturated carbocycles. The van der Waals surface area contributed by atoms with Crippen LogP contribution in [0, 0.1) is 0 Å². The molecule has 24 heavy (non-hydrogen) atoms. The van der Waals surface area contributed by atoms with Crippen LogP contribution in [0.2, 0.25) is 0 Å². The zero-order valence-electron chi connectivity index (χ0n) is 13.7. The Morgan fingerprint density at radius 3 is 2.58 bits per heavy atom. The van der Waals surface area contributed by atoms with Crippen LogP contribution in [0.5, 0.6) is 0 Å². The summed E-state index contributed by atoms with van der Waals surface area (Å²) in [5, 5.41) is 4.69. The number of nitrogens with zero attached hydrogens (tertiary/aromatic N) is 1. The maximum absolute atomic E-state index is 12.7. The second-order valence-electron chi connectivity index (χ2n) is 5.98. The number of thiophene rings is 1. The molecule has 1 aliphatic rings. The Morgan fingerprint density at radius 1 is 1.17 bits per heavy atom. The fraction of sp³-hybridized carbons (Fsp3) is 0.333. The molecular weight excluding hydrogens is 324 g/mol. The molecule has 1 aromatic heterocycles. The van der Waals surface area contributed by atoms with Crippen molar-refractivity contribution in [3.8, 4) is 0 Å². The van der Waals surface area contributed by atoms with Gasteiger partial charge in [-0.05, 0) is 43.5 Å². The van der Waals surface area contributed by atoms with Crippen molar-refractivity contribution < 1.29 is 14.3 Å². The van der Waals surface area contributed by atoms with Gasteiger partial charge in [0, 0.05) is 24.3 Å². The zero-order chi connectivity index (χ0) is 17.1. The van der Waals surface area contributed by atoms with Gasteiger partial charge in [0.25, 0.3) is 11.8 Å². The summed E-state index contributed by atoms with van der Waals surface area (Å²) in [7, 11) is 0. The first-order valence-electron chi connectivity index (χ1n) is 7.92. The smallest absolute Gasteiger partial charge is 0.265 e. The van der Waals surface area contributed by atoms with Crippen molar-refractivity contribution in [2.75, 3.05) is 18.4 Å². The summed E-state index contributed by atoms with van der Waals surface area (Å²) < 4.78 is 5.67. The lowest BCUT2D eigenvalue weighted by atomic mass is 10.1. The third-order valence-corrected chi connectivity index (χ3v) is 4.69.